The molecule has 0 radical (unpaired) electrons. The maximum atomic E-state index is 12.0. The Labute approximate surface area is 118 Å². The fourth-order valence-corrected chi connectivity index (χ4v) is 2.65. The van der Waals surface area contributed by atoms with E-state index in [1.54, 1.807) is 19.9 Å². The van der Waals surface area contributed by atoms with Crippen molar-refractivity contribution in [2.45, 2.75) is 24.3 Å². The Kier molecular flexibility index (Phi) is 4.67. The minimum Gasteiger partial charge on any atom is -0.454 e. The van der Waals surface area contributed by atoms with E-state index in [1.807, 2.05) is 0 Å². The third kappa shape index (κ3) is 3.97. The molecule has 0 saturated heterocycles. The van der Waals surface area contributed by atoms with Crippen molar-refractivity contribution in [3.8, 4) is 11.5 Å². The molecule has 1 aromatic rings. The summed E-state index contributed by atoms with van der Waals surface area (Å²) in [6.45, 7) is 3.76. The van der Waals surface area contributed by atoms with E-state index in [2.05, 4.69) is 4.72 Å². The average molecular weight is 309 g/mol. The van der Waals surface area contributed by atoms with E-state index in [0.717, 1.165) is 0 Å². The fourth-order valence-electron chi connectivity index (χ4n) is 1.41. The number of hydrogen-bond donors (Lipinski definition) is 2. The molecule has 0 unspecified atom stereocenters. The third-order valence-electron chi connectivity index (χ3n) is 2.37. The highest BCUT2D eigenvalue weighted by atomic mass is 35.5. The Hall–Kier alpha value is -1.02. The number of halogens is 1. The summed E-state index contributed by atoms with van der Waals surface area (Å²) >= 11 is 0. The van der Waals surface area contributed by atoms with Gasteiger partial charge >= 0.3 is 0 Å². The van der Waals surface area contributed by atoms with Crippen LogP contribution in [-0.2, 0) is 10.0 Å². The molecule has 1 heterocycles. The summed E-state index contributed by atoms with van der Waals surface area (Å²) in [5.41, 5.74) is 5.13. The second kappa shape index (κ2) is 5.54. The number of rotatable bonds is 4. The van der Waals surface area contributed by atoms with E-state index < -0.39 is 15.6 Å². The first-order valence-corrected chi connectivity index (χ1v) is 6.94. The van der Waals surface area contributed by atoms with Crippen LogP contribution in [0.4, 0.5) is 0 Å². The molecule has 0 amide bonds. The minimum absolute atomic E-state index is 0. The number of benzene rings is 1. The van der Waals surface area contributed by atoms with Crippen LogP contribution in [0.1, 0.15) is 13.8 Å². The molecule has 0 aliphatic carbocycles. The third-order valence-corrected chi connectivity index (χ3v) is 3.77. The van der Waals surface area contributed by atoms with Gasteiger partial charge in [-0.05, 0) is 26.0 Å². The zero-order valence-electron chi connectivity index (χ0n) is 10.7. The largest absolute Gasteiger partial charge is 0.454 e. The van der Waals surface area contributed by atoms with E-state index in [0.29, 0.717) is 11.5 Å². The molecule has 1 aromatic carbocycles. The van der Waals surface area contributed by atoms with Crippen molar-refractivity contribution in [3.63, 3.8) is 0 Å². The quantitative estimate of drug-likeness (QED) is 0.860. The van der Waals surface area contributed by atoms with Gasteiger partial charge in [-0.25, -0.2) is 13.1 Å². The molecular formula is C11H17ClN2O4S. The Bertz CT molecular complexity index is 554. The first-order valence-electron chi connectivity index (χ1n) is 5.46. The maximum absolute atomic E-state index is 12.0. The number of ether oxygens (including phenoxy) is 2. The molecule has 3 N–H and O–H groups in total. The van der Waals surface area contributed by atoms with Crippen LogP contribution in [0.25, 0.3) is 0 Å². The Morgan fingerprint density at radius 3 is 2.58 bits per heavy atom. The number of nitrogens with one attached hydrogen (secondary N) is 1. The highest BCUT2D eigenvalue weighted by Crippen LogP contribution is 2.33. The summed E-state index contributed by atoms with van der Waals surface area (Å²) in [6.07, 6.45) is 0. The lowest BCUT2D eigenvalue weighted by Gasteiger charge is -2.18. The van der Waals surface area contributed by atoms with E-state index >= 15 is 0 Å². The maximum Gasteiger partial charge on any atom is 0.240 e. The van der Waals surface area contributed by atoms with Crippen LogP contribution in [0.15, 0.2) is 23.1 Å². The lowest BCUT2D eigenvalue weighted by atomic mass is 10.1. The summed E-state index contributed by atoms with van der Waals surface area (Å²) < 4.78 is 36.8. The van der Waals surface area contributed by atoms with Gasteiger partial charge in [0.2, 0.25) is 16.8 Å². The van der Waals surface area contributed by atoms with Crippen LogP contribution >= 0.6 is 12.4 Å². The topological polar surface area (TPSA) is 90.7 Å². The van der Waals surface area contributed by atoms with Crippen molar-refractivity contribution >= 4 is 22.4 Å². The predicted octanol–water partition coefficient (Wildman–Crippen LogP) is 0.853. The first kappa shape index (κ1) is 16.0. The number of sulfonamides is 1. The van der Waals surface area contributed by atoms with E-state index in [-0.39, 0.29) is 30.6 Å². The van der Waals surface area contributed by atoms with Crippen molar-refractivity contribution in [1.82, 2.24) is 4.72 Å². The molecule has 0 spiro atoms. The van der Waals surface area contributed by atoms with E-state index in [1.165, 1.54) is 12.1 Å². The minimum atomic E-state index is -3.58. The van der Waals surface area contributed by atoms with Gasteiger partial charge in [0.25, 0.3) is 0 Å². The molecule has 0 fully saturated rings. The van der Waals surface area contributed by atoms with Gasteiger partial charge in [-0.3, -0.25) is 0 Å². The van der Waals surface area contributed by atoms with E-state index in [4.69, 9.17) is 15.2 Å². The van der Waals surface area contributed by atoms with Crippen LogP contribution in [0.3, 0.4) is 0 Å². The average Bonchev–Trinajstić information content (AvgIpc) is 2.72. The van der Waals surface area contributed by atoms with Crippen molar-refractivity contribution in [1.29, 1.82) is 0 Å². The first-order chi connectivity index (χ1) is 8.28. The summed E-state index contributed by atoms with van der Waals surface area (Å²) in [5.74, 6) is 0.984. The number of fused-ring (bicyclic) bond motifs is 1. The molecule has 0 bridgehead atoms. The molecule has 2 rings (SSSR count). The highest BCUT2D eigenvalue weighted by molar-refractivity contribution is 7.89. The second-order valence-corrected chi connectivity index (χ2v) is 6.60. The second-order valence-electron chi connectivity index (χ2n) is 4.83. The van der Waals surface area contributed by atoms with Gasteiger partial charge in [-0.2, -0.15) is 0 Å². The zero-order valence-corrected chi connectivity index (χ0v) is 12.3. The molecule has 1 aliphatic rings. The van der Waals surface area contributed by atoms with Crippen molar-refractivity contribution in [3.05, 3.63) is 18.2 Å². The highest BCUT2D eigenvalue weighted by Gasteiger charge is 2.22. The Balaban J connectivity index is 0.00000180. The number of hydrogen-bond acceptors (Lipinski definition) is 5. The molecule has 8 heteroatoms. The predicted molar refractivity (Wildman–Crippen MR) is 73.3 cm³/mol. The molecule has 1 aliphatic heterocycles. The molecule has 6 nitrogen and oxygen atoms in total. The van der Waals surface area contributed by atoms with Crippen LogP contribution in [-0.4, -0.2) is 27.3 Å². The standard InChI is InChI=1S/C11H16N2O4S.ClH/c1-11(2,12)6-13-18(14,15)8-3-4-9-10(5-8)17-7-16-9;/h3-5,13H,6-7,12H2,1-2H3;1H. The van der Waals surface area contributed by atoms with Gasteiger partial charge < -0.3 is 15.2 Å². The van der Waals surface area contributed by atoms with Gasteiger partial charge in [0.15, 0.2) is 11.5 Å². The molecule has 19 heavy (non-hydrogen) atoms. The van der Waals surface area contributed by atoms with Gasteiger partial charge in [-0.15, -0.1) is 12.4 Å². The monoisotopic (exact) mass is 308 g/mol. The molecule has 0 saturated carbocycles. The zero-order chi connectivity index (χ0) is 13.4. The summed E-state index contributed by atoms with van der Waals surface area (Å²) in [7, 11) is -3.58. The summed E-state index contributed by atoms with van der Waals surface area (Å²) in [6, 6.07) is 4.48. The summed E-state index contributed by atoms with van der Waals surface area (Å²) in [4.78, 5) is 0.135. The number of nitrogens with two attached hydrogens (primary N) is 1. The van der Waals surface area contributed by atoms with Crippen LogP contribution in [0.2, 0.25) is 0 Å². The van der Waals surface area contributed by atoms with Crippen molar-refractivity contribution in [2.75, 3.05) is 13.3 Å². The van der Waals surface area contributed by atoms with Crippen molar-refractivity contribution < 1.29 is 17.9 Å². The molecule has 0 atom stereocenters. The SMILES string of the molecule is CC(C)(N)CNS(=O)(=O)c1ccc2c(c1)OCO2.Cl. The van der Waals surface area contributed by atoms with Gasteiger partial charge in [0, 0.05) is 18.2 Å². The normalized spacial score (nSPS) is 14.1. The van der Waals surface area contributed by atoms with Gasteiger partial charge in [-0.1, -0.05) is 0 Å². The van der Waals surface area contributed by atoms with E-state index in [9.17, 15) is 8.42 Å². The van der Waals surface area contributed by atoms with Crippen LogP contribution in [0, 0.1) is 0 Å². The molecule has 0 aromatic heterocycles. The lowest BCUT2D eigenvalue weighted by Crippen LogP contribution is -2.45. The molecule has 108 valence electrons. The summed E-state index contributed by atoms with van der Waals surface area (Å²) in [5, 5.41) is 0. The lowest BCUT2D eigenvalue weighted by molar-refractivity contribution is 0.174. The van der Waals surface area contributed by atoms with Crippen molar-refractivity contribution in [2.24, 2.45) is 5.73 Å². The molecular weight excluding hydrogens is 292 g/mol. The Morgan fingerprint density at radius 1 is 1.32 bits per heavy atom. The Morgan fingerprint density at radius 2 is 1.95 bits per heavy atom. The van der Waals surface area contributed by atoms with Crippen LogP contribution in [0.5, 0.6) is 11.5 Å². The fraction of sp³-hybridized carbons (Fsp3) is 0.455. The smallest absolute Gasteiger partial charge is 0.240 e. The van der Waals surface area contributed by atoms with Gasteiger partial charge in [0.1, 0.15) is 0 Å². The van der Waals surface area contributed by atoms with Gasteiger partial charge in [0.05, 0.1) is 4.90 Å². The van der Waals surface area contributed by atoms with Crippen LogP contribution < -0.4 is 19.9 Å².